The van der Waals surface area contributed by atoms with Gasteiger partial charge in [0.05, 0.1) is 6.54 Å². The van der Waals surface area contributed by atoms with Crippen molar-refractivity contribution in [2.45, 2.75) is 19.1 Å². The number of carbonyl (C=O) groups excluding carboxylic acids is 2. The second-order valence-electron chi connectivity index (χ2n) is 4.87. The van der Waals surface area contributed by atoms with Gasteiger partial charge in [-0.1, -0.05) is 30.3 Å². The van der Waals surface area contributed by atoms with E-state index in [1.54, 1.807) is 0 Å². The molecule has 1 aliphatic rings. The van der Waals surface area contributed by atoms with Crippen LogP contribution < -0.4 is 10.1 Å². The molecular weight excluding hydrogens is 318 g/mol. The Hall–Kier alpha value is -2.15. The van der Waals surface area contributed by atoms with E-state index in [0.717, 1.165) is 4.90 Å². The molecule has 0 radical (unpaired) electrons. The first kappa shape index (κ1) is 16.2. The quantitative estimate of drug-likeness (QED) is 0.845. The van der Waals surface area contributed by atoms with Crippen molar-refractivity contribution in [3.8, 4) is 5.75 Å². The molecular formula is C14H13ClF2N2O3. The third-order valence-electron chi connectivity index (χ3n) is 3.26. The highest BCUT2D eigenvalue weighted by molar-refractivity contribution is 6.30. The lowest BCUT2D eigenvalue weighted by Crippen LogP contribution is -2.41. The van der Waals surface area contributed by atoms with Crippen molar-refractivity contribution in [1.82, 2.24) is 10.2 Å². The molecule has 22 heavy (non-hydrogen) atoms. The molecule has 1 atom stereocenters. The minimum atomic E-state index is -2.93. The van der Waals surface area contributed by atoms with Crippen LogP contribution in [0.1, 0.15) is 12.5 Å². The van der Waals surface area contributed by atoms with Gasteiger partial charge in [0.2, 0.25) is 0 Å². The Morgan fingerprint density at radius 3 is 2.50 bits per heavy atom. The highest BCUT2D eigenvalue weighted by atomic mass is 35.5. The second kappa shape index (κ2) is 5.92. The van der Waals surface area contributed by atoms with E-state index in [4.69, 9.17) is 11.6 Å². The average Bonchev–Trinajstić information content (AvgIpc) is 2.63. The van der Waals surface area contributed by atoms with Crippen LogP contribution in [0.5, 0.6) is 5.75 Å². The summed E-state index contributed by atoms with van der Waals surface area (Å²) < 4.78 is 28.5. The fourth-order valence-electron chi connectivity index (χ4n) is 2.18. The predicted octanol–water partition coefficient (Wildman–Crippen LogP) is 2.81. The normalized spacial score (nSPS) is 21.2. The van der Waals surface area contributed by atoms with Gasteiger partial charge in [-0.15, -0.1) is 0 Å². The third-order valence-corrected chi connectivity index (χ3v) is 3.38. The monoisotopic (exact) mass is 330 g/mol. The Bertz CT molecular complexity index is 621. The Morgan fingerprint density at radius 1 is 1.41 bits per heavy atom. The number of imide groups is 1. The van der Waals surface area contributed by atoms with E-state index >= 15 is 0 Å². The van der Waals surface area contributed by atoms with Gasteiger partial charge in [0.1, 0.15) is 11.3 Å². The van der Waals surface area contributed by atoms with Gasteiger partial charge in [0, 0.05) is 5.03 Å². The maximum atomic E-state index is 12.4. The Balaban J connectivity index is 2.25. The number of rotatable bonds is 5. The number of ether oxygens (including phenoxy) is 1. The van der Waals surface area contributed by atoms with Crippen LogP contribution in [0.3, 0.4) is 0 Å². The molecule has 1 fully saturated rings. The molecule has 0 bridgehead atoms. The lowest BCUT2D eigenvalue weighted by Gasteiger charge is -2.22. The average molecular weight is 331 g/mol. The minimum Gasteiger partial charge on any atom is -0.435 e. The SMILES string of the molecule is C=C(Cl)CN1C(=O)N[C@](C)(c2ccc(OC(F)F)cc2)C1=O. The van der Waals surface area contributed by atoms with Crippen molar-refractivity contribution in [1.29, 1.82) is 0 Å². The molecule has 2 rings (SSSR count). The molecule has 0 unspecified atom stereocenters. The number of nitrogens with zero attached hydrogens (tertiary/aromatic N) is 1. The summed E-state index contributed by atoms with van der Waals surface area (Å²) in [6, 6.07) is 4.89. The number of hydrogen-bond acceptors (Lipinski definition) is 3. The van der Waals surface area contributed by atoms with E-state index in [-0.39, 0.29) is 17.3 Å². The van der Waals surface area contributed by atoms with Gasteiger partial charge in [-0.2, -0.15) is 8.78 Å². The first-order valence-electron chi connectivity index (χ1n) is 6.27. The molecule has 1 heterocycles. The largest absolute Gasteiger partial charge is 0.435 e. The van der Waals surface area contributed by atoms with Crippen LogP contribution in [0.2, 0.25) is 0 Å². The summed E-state index contributed by atoms with van der Waals surface area (Å²) in [5, 5.41) is 2.71. The summed E-state index contributed by atoms with van der Waals surface area (Å²) >= 11 is 5.64. The minimum absolute atomic E-state index is 0.0369. The van der Waals surface area contributed by atoms with E-state index in [1.165, 1.54) is 31.2 Å². The first-order valence-corrected chi connectivity index (χ1v) is 6.64. The molecule has 118 valence electrons. The summed E-state index contributed by atoms with van der Waals surface area (Å²) in [6.07, 6.45) is 0. The molecule has 3 amide bonds. The Morgan fingerprint density at radius 2 is 2.00 bits per heavy atom. The van der Waals surface area contributed by atoms with Gasteiger partial charge in [0.15, 0.2) is 0 Å². The van der Waals surface area contributed by atoms with Gasteiger partial charge in [-0.25, -0.2) is 4.79 Å². The number of alkyl halides is 2. The molecule has 0 aliphatic carbocycles. The molecule has 1 aliphatic heterocycles. The van der Waals surface area contributed by atoms with Crippen LogP contribution >= 0.6 is 11.6 Å². The van der Waals surface area contributed by atoms with Crippen LogP contribution in [0.15, 0.2) is 35.9 Å². The molecule has 5 nitrogen and oxygen atoms in total. The summed E-state index contributed by atoms with van der Waals surface area (Å²) in [5.41, 5.74) is -0.859. The zero-order chi connectivity index (χ0) is 16.5. The number of halogens is 3. The van der Waals surface area contributed by atoms with Gasteiger partial charge < -0.3 is 10.1 Å². The number of carbonyl (C=O) groups is 2. The van der Waals surface area contributed by atoms with Crippen molar-refractivity contribution < 1.29 is 23.1 Å². The Labute approximate surface area is 130 Å². The first-order chi connectivity index (χ1) is 10.2. The Kier molecular flexibility index (Phi) is 4.37. The van der Waals surface area contributed by atoms with Gasteiger partial charge in [0.25, 0.3) is 5.91 Å². The molecule has 1 aromatic carbocycles. The maximum Gasteiger partial charge on any atom is 0.387 e. The standard InChI is InChI=1S/C14H13ClF2N2O3/c1-8(15)7-19-11(20)14(2,18-13(19)21)9-3-5-10(6-4-9)22-12(16)17/h3-6,12H,1,7H2,2H3,(H,18,21)/t14-/m1/s1. The highest BCUT2D eigenvalue weighted by Crippen LogP contribution is 2.30. The number of nitrogens with one attached hydrogen (secondary N) is 1. The lowest BCUT2D eigenvalue weighted by molar-refractivity contribution is -0.130. The smallest absolute Gasteiger partial charge is 0.387 e. The van der Waals surface area contributed by atoms with E-state index in [0.29, 0.717) is 5.56 Å². The number of benzene rings is 1. The van der Waals surface area contributed by atoms with Crippen molar-refractivity contribution in [3.05, 3.63) is 41.4 Å². The number of urea groups is 1. The predicted molar refractivity (Wildman–Crippen MR) is 75.7 cm³/mol. The van der Waals surface area contributed by atoms with E-state index in [2.05, 4.69) is 16.6 Å². The van der Waals surface area contributed by atoms with Crippen molar-refractivity contribution in [2.75, 3.05) is 6.54 Å². The lowest BCUT2D eigenvalue weighted by atomic mass is 9.92. The topological polar surface area (TPSA) is 58.6 Å². The van der Waals surface area contributed by atoms with Gasteiger partial charge in [-0.05, 0) is 24.6 Å². The molecule has 0 aromatic heterocycles. The van der Waals surface area contributed by atoms with Crippen LogP contribution in [-0.4, -0.2) is 30.0 Å². The molecule has 0 saturated carbocycles. The van der Waals surface area contributed by atoms with Crippen LogP contribution in [0.4, 0.5) is 13.6 Å². The molecule has 0 spiro atoms. The van der Waals surface area contributed by atoms with Crippen LogP contribution in [-0.2, 0) is 10.3 Å². The second-order valence-corrected chi connectivity index (χ2v) is 5.40. The van der Waals surface area contributed by atoms with E-state index < -0.39 is 24.1 Å². The van der Waals surface area contributed by atoms with Crippen molar-refractivity contribution in [3.63, 3.8) is 0 Å². The molecule has 1 N–H and O–H groups in total. The summed E-state index contributed by atoms with van der Waals surface area (Å²) in [5.74, 6) is -0.535. The van der Waals surface area contributed by atoms with Crippen LogP contribution in [0, 0.1) is 0 Å². The van der Waals surface area contributed by atoms with Crippen molar-refractivity contribution in [2.24, 2.45) is 0 Å². The zero-order valence-corrected chi connectivity index (χ0v) is 12.4. The molecule has 1 saturated heterocycles. The molecule has 1 aromatic rings. The molecule has 8 heteroatoms. The number of hydrogen-bond donors (Lipinski definition) is 1. The maximum absolute atomic E-state index is 12.4. The highest BCUT2D eigenvalue weighted by Gasteiger charge is 2.48. The summed E-state index contributed by atoms with van der Waals surface area (Å²) in [7, 11) is 0. The third kappa shape index (κ3) is 3.04. The van der Waals surface area contributed by atoms with Crippen LogP contribution in [0.25, 0.3) is 0 Å². The van der Waals surface area contributed by atoms with E-state index in [1.807, 2.05) is 0 Å². The summed E-state index contributed by atoms with van der Waals surface area (Å²) in [6.45, 7) is 1.94. The zero-order valence-electron chi connectivity index (χ0n) is 11.6. The summed E-state index contributed by atoms with van der Waals surface area (Å²) in [4.78, 5) is 25.3. The van der Waals surface area contributed by atoms with Gasteiger partial charge >= 0.3 is 12.6 Å². The van der Waals surface area contributed by atoms with Crippen molar-refractivity contribution >= 4 is 23.5 Å². The number of amides is 3. The fourth-order valence-corrected chi connectivity index (χ4v) is 2.30. The fraction of sp³-hybridized carbons (Fsp3) is 0.286. The van der Waals surface area contributed by atoms with E-state index in [9.17, 15) is 18.4 Å². The van der Waals surface area contributed by atoms with Gasteiger partial charge in [-0.3, -0.25) is 9.69 Å².